The van der Waals surface area contributed by atoms with E-state index >= 15 is 0 Å². The zero-order chi connectivity index (χ0) is 14.3. The Morgan fingerprint density at radius 3 is 2.00 bits per heavy atom. The first-order valence-corrected chi connectivity index (χ1v) is 9.47. The fraction of sp³-hybridized carbons (Fsp3) is 0.765. The van der Waals surface area contributed by atoms with Crippen LogP contribution in [0, 0.1) is 0 Å². The van der Waals surface area contributed by atoms with Crippen LogP contribution in [0.15, 0.2) is 17.5 Å². The lowest BCUT2D eigenvalue weighted by atomic mass is 10.1. The topological polar surface area (TPSA) is 9.72 Å². The molecule has 2 aliphatic heterocycles. The zero-order valence-electron chi connectivity index (χ0n) is 13.2. The Kier molecular flexibility index (Phi) is 6.10. The number of thiophene rings is 1. The molecule has 0 aromatic carbocycles. The second-order valence-electron chi connectivity index (χ2n) is 6.41. The molecule has 0 N–H and O–H groups in total. The minimum atomic E-state index is 1.23. The van der Waals surface area contributed by atoms with Crippen LogP contribution in [0.1, 0.15) is 24.1 Å². The van der Waals surface area contributed by atoms with Gasteiger partial charge in [-0.25, -0.2) is 0 Å². The molecule has 2 fully saturated rings. The lowest BCUT2D eigenvalue weighted by Gasteiger charge is -2.36. The van der Waals surface area contributed by atoms with E-state index in [1.165, 1.54) is 89.5 Å². The molecule has 0 unspecified atom stereocenters. The third-order valence-corrected chi connectivity index (χ3v) is 5.84. The van der Waals surface area contributed by atoms with Gasteiger partial charge in [0, 0.05) is 50.7 Å². The third-order valence-electron chi connectivity index (χ3n) is 4.90. The first kappa shape index (κ1) is 15.5. The second kappa shape index (κ2) is 8.28. The summed E-state index contributed by atoms with van der Waals surface area (Å²) in [6.07, 6.45) is 5.50. The number of piperidine rings is 1. The van der Waals surface area contributed by atoms with Crippen molar-refractivity contribution in [2.45, 2.75) is 25.7 Å². The Morgan fingerprint density at radius 1 is 0.762 bits per heavy atom. The van der Waals surface area contributed by atoms with Gasteiger partial charge in [0.05, 0.1) is 0 Å². The van der Waals surface area contributed by atoms with Gasteiger partial charge < -0.3 is 9.80 Å². The molecule has 0 radical (unpaired) electrons. The summed E-state index contributed by atoms with van der Waals surface area (Å²) in [5, 5.41) is 2.19. The van der Waals surface area contributed by atoms with E-state index in [-0.39, 0.29) is 0 Å². The van der Waals surface area contributed by atoms with Gasteiger partial charge in [0.25, 0.3) is 0 Å². The van der Waals surface area contributed by atoms with E-state index in [1.54, 1.807) is 0 Å². The Morgan fingerprint density at radius 2 is 1.38 bits per heavy atom. The predicted molar refractivity (Wildman–Crippen MR) is 91.2 cm³/mol. The van der Waals surface area contributed by atoms with Crippen LogP contribution < -0.4 is 0 Å². The summed E-state index contributed by atoms with van der Waals surface area (Å²) < 4.78 is 0. The normalized spacial score (nSPS) is 22.7. The van der Waals surface area contributed by atoms with Crippen molar-refractivity contribution in [2.75, 3.05) is 58.9 Å². The molecule has 3 nitrogen and oxygen atoms in total. The molecule has 2 aliphatic rings. The minimum absolute atomic E-state index is 1.23. The van der Waals surface area contributed by atoms with E-state index in [0.717, 1.165) is 0 Å². The highest BCUT2D eigenvalue weighted by atomic mass is 32.1. The molecule has 1 aromatic rings. The molecule has 2 saturated heterocycles. The number of rotatable bonds is 6. The Labute approximate surface area is 133 Å². The lowest BCUT2D eigenvalue weighted by Crippen LogP contribution is -2.49. The van der Waals surface area contributed by atoms with Gasteiger partial charge in [0.1, 0.15) is 0 Å². The van der Waals surface area contributed by atoms with E-state index in [0.29, 0.717) is 0 Å². The molecule has 21 heavy (non-hydrogen) atoms. The highest BCUT2D eigenvalue weighted by Gasteiger charge is 2.18. The summed E-state index contributed by atoms with van der Waals surface area (Å²) in [6, 6.07) is 4.43. The number of likely N-dealkylation sites (tertiary alicyclic amines) is 1. The van der Waals surface area contributed by atoms with Gasteiger partial charge in [-0.15, -0.1) is 11.3 Å². The van der Waals surface area contributed by atoms with Crippen molar-refractivity contribution in [3.63, 3.8) is 0 Å². The first-order chi connectivity index (χ1) is 10.4. The van der Waals surface area contributed by atoms with Crippen LogP contribution in [0.4, 0.5) is 0 Å². The second-order valence-corrected chi connectivity index (χ2v) is 7.45. The summed E-state index contributed by atoms with van der Waals surface area (Å²) in [5.74, 6) is 0. The van der Waals surface area contributed by atoms with Gasteiger partial charge in [0.2, 0.25) is 0 Å². The lowest BCUT2D eigenvalue weighted by molar-refractivity contribution is 0.115. The molecule has 118 valence electrons. The standard InChI is InChI=1S/C17H29N3S/c1-2-7-18(8-3-1)10-13-20-14-11-19(12-15-20)9-6-17-5-4-16-21-17/h4-5,16H,1-3,6-15H2. The fourth-order valence-corrected chi connectivity index (χ4v) is 4.12. The molecule has 0 amide bonds. The van der Waals surface area contributed by atoms with Crippen LogP contribution in [0.3, 0.4) is 0 Å². The Hall–Kier alpha value is -0.420. The summed E-state index contributed by atoms with van der Waals surface area (Å²) in [4.78, 5) is 9.49. The molecule has 3 rings (SSSR count). The van der Waals surface area contributed by atoms with E-state index in [2.05, 4.69) is 32.2 Å². The molecule has 3 heterocycles. The number of hydrogen-bond acceptors (Lipinski definition) is 4. The van der Waals surface area contributed by atoms with Gasteiger partial charge in [-0.05, 0) is 43.8 Å². The molecule has 1 aromatic heterocycles. The SMILES string of the molecule is c1csc(CCN2CCN(CCN3CCCCC3)CC2)c1. The average molecular weight is 308 g/mol. The Bertz CT molecular complexity index is 379. The van der Waals surface area contributed by atoms with Crippen LogP contribution in [0.25, 0.3) is 0 Å². The van der Waals surface area contributed by atoms with E-state index in [4.69, 9.17) is 0 Å². The smallest absolute Gasteiger partial charge is 0.0110 e. The van der Waals surface area contributed by atoms with Gasteiger partial charge in [-0.1, -0.05) is 12.5 Å². The van der Waals surface area contributed by atoms with Crippen molar-refractivity contribution < 1.29 is 0 Å². The van der Waals surface area contributed by atoms with Crippen LogP contribution >= 0.6 is 11.3 Å². The molecular formula is C17H29N3S. The molecule has 0 bridgehead atoms. The molecule has 0 spiro atoms. The fourth-order valence-electron chi connectivity index (χ4n) is 3.43. The maximum absolute atomic E-state index is 2.66. The quantitative estimate of drug-likeness (QED) is 0.799. The van der Waals surface area contributed by atoms with Crippen molar-refractivity contribution in [1.29, 1.82) is 0 Å². The molecular weight excluding hydrogens is 278 g/mol. The van der Waals surface area contributed by atoms with Gasteiger partial charge in [-0.2, -0.15) is 0 Å². The molecule has 0 saturated carbocycles. The number of hydrogen-bond donors (Lipinski definition) is 0. The summed E-state index contributed by atoms with van der Waals surface area (Å²) >= 11 is 1.89. The number of piperazine rings is 1. The van der Waals surface area contributed by atoms with Crippen molar-refractivity contribution in [1.82, 2.24) is 14.7 Å². The molecule has 4 heteroatoms. The summed E-state index contributed by atoms with van der Waals surface area (Å²) in [7, 11) is 0. The van der Waals surface area contributed by atoms with E-state index in [1.807, 2.05) is 11.3 Å². The maximum atomic E-state index is 2.66. The van der Waals surface area contributed by atoms with Gasteiger partial charge in [-0.3, -0.25) is 4.90 Å². The van der Waals surface area contributed by atoms with Crippen LogP contribution in [-0.4, -0.2) is 73.6 Å². The predicted octanol–water partition coefficient (Wildman–Crippen LogP) is 2.39. The van der Waals surface area contributed by atoms with Crippen molar-refractivity contribution >= 4 is 11.3 Å². The average Bonchev–Trinajstić information content (AvgIpc) is 3.06. The van der Waals surface area contributed by atoms with E-state index in [9.17, 15) is 0 Å². The molecule has 0 aliphatic carbocycles. The third kappa shape index (κ3) is 5.06. The monoisotopic (exact) mass is 307 g/mol. The van der Waals surface area contributed by atoms with Crippen molar-refractivity contribution in [3.8, 4) is 0 Å². The molecule has 0 atom stereocenters. The Balaban J connectivity index is 1.29. The van der Waals surface area contributed by atoms with Crippen molar-refractivity contribution in [3.05, 3.63) is 22.4 Å². The van der Waals surface area contributed by atoms with E-state index < -0.39 is 0 Å². The van der Waals surface area contributed by atoms with Crippen molar-refractivity contribution in [2.24, 2.45) is 0 Å². The summed E-state index contributed by atoms with van der Waals surface area (Å²) in [5.41, 5.74) is 0. The first-order valence-electron chi connectivity index (χ1n) is 8.59. The van der Waals surface area contributed by atoms with Gasteiger partial charge >= 0.3 is 0 Å². The van der Waals surface area contributed by atoms with Crippen LogP contribution in [-0.2, 0) is 6.42 Å². The van der Waals surface area contributed by atoms with Crippen LogP contribution in [0.2, 0.25) is 0 Å². The number of nitrogens with zero attached hydrogens (tertiary/aromatic N) is 3. The largest absolute Gasteiger partial charge is 0.302 e. The minimum Gasteiger partial charge on any atom is -0.302 e. The highest BCUT2D eigenvalue weighted by Crippen LogP contribution is 2.11. The zero-order valence-corrected chi connectivity index (χ0v) is 14.0. The van der Waals surface area contributed by atoms with Crippen LogP contribution in [0.5, 0.6) is 0 Å². The maximum Gasteiger partial charge on any atom is 0.0110 e. The van der Waals surface area contributed by atoms with Gasteiger partial charge in [0.15, 0.2) is 0 Å². The highest BCUT2D eigenvalue weighted by molar-refractivity contribution is 7.09. The summed E-state index contributed by atoms with van der Waals surface area (Å²) in [6.45, 7) is 11.5.